The van der Waals surface area contributed by atoms with Crippen molar-refractivity contribution in [1.29, 1.82) is 0 Å². The molecule has 3 heterocycles. The molecule has 1 aliphatic rings. The van der Waals surface area contributed by atoms with Crippen LogP contribution in [0.15, 0.2) is 60.1 Å². The maximum Gasteiger partial charge on any atom is 0.264 e. The van der Waals surface area contributed by atoms with Crippen molar-refractivity contribution in [2.75, 3.05) is 39.5 Å². The Morgan fingerprint density at radius 1 is 1.16 bits per heavy atom. The van der Waals surface area contributed by atoms with E-state index >= 15 is 0 Å². The molecule has 3 aromatic rings. The average Bonchev–Trinajstić information content (AvgIpc) is 3.26. The summed E-state index contributed by atoms with van der Waals surface area (Å²) in [6, 6.07) is 15.8. The quantitative estimate of drug-likeness (QED) is 0.492. The number of amides is 1. The molecule has 0 spiro atoms. The molecule has 1 aliphatic heterocycles. The van der Waals surface area contributed by atoms with Gasteiger partial charge in [-0.15, -0.1) is 11.3 Å². The zero-order valence-corrected chi connectivity index (χ0v) is 19.2. The topological polar surface area (TPSA) is 54.9 Å². The highest BCUT2D eigenvalue weighted by Crippen LogP contribution is 2.22. The Kier molecular flexibility index (Phi) is 7.87. The Bertz CT molecular complexity index is 1000. The van der Waals surface area contributed by atoms with Gasteiger partial charge < -0.3 is 14.4 Å². The smallest absolute Gasteiger partial charge is 0.264 e. The van der Waals surface area contributed by atoms with E-state index in [1.54, 1.807) is 6.20 Å². The normalized spacial score (nSPS) is 14.3. The van der Waals surface area contributed by atoms with Crippen LogP contribution in [-0.4, -0.2) is 60.1 Å². The molecule has 32 heavy (non-hydrogen) atoms. The molecule has 0 bridgehead atoms. The number of hydrogen-bond acceptors (Lipinski definition) is 6. The molecular weight excluding hydrogens is 422 g/mol. The predicted molar refractivity (Wildman–Crippen MR) is 126 cm³/mol. The summed E-state index contributed by atoms with van der Waals surface area (Å²) in [5.74, 6) is 0.857. The van der Waals surface area contributed by atoms with Crippen LogP contribution in [0.2, 0.25) is 0 Å². The highest BCUT2D eigenvalue weighted by Gasteiger charge is 2.20. The van der Waals surface area contributed by atoms with Crippen LogP contribution in [0, 0.1) is 6.92 Å². The van der Waals surface area contributed by atoms with Crippen LogP contribution >= 0.6 is 11.3 Å². The van der Waals surface area contributed by atoms with Crippen LogP contribution in [0.4, 0.5) is 0 Å². The third-order valence-electron chi connectivity index (χ3n) is 5.47. The van der Waals surface area contributed by atoms with Crippen molar-refractivity contribution in [1.82, 2.24) is 14.8 Å². The van der Waals surface area contributed by atoms with E-state index in [9.17, 15) is 4.79 Å². The lowest BCUT2D eigenvalue weighted by Crippen LogP contribution is -2.38. The van der Waals surface area contributed by atoms with E-state index in [0.717, 1.165) is 60.3 Å². The fourth-order valence-corrected chi connectivity index (χ4v) is 4.59. The van der Waals surface area contributed by atoms with Gasteiger partial charge in [0.1, 0.15) is 12.4 Å². The number of carbonyl (C=O) groups excluding carboxylic acids is 1. The number of carbonyl (C=O) groups is 1. The number of rotatable bonds is 9. The summed E-state index contributed by atoms with van der Waals surface area (Å²) in [5, 5.41) is 1.96. The zero-order valence-electron chi connectivity index (χ0n) is 18.4. The molecular formula is C25H29N3O3S. The second-order valence-electron chi connectivity index (χ2n) is 7.86. The molecule has 7 heteroatoms. The number of aryl methyl sites for hydroxylation is 1. The fraction of sp³-hybridized carbons (Fsp3) is 0.360. The minimum Gasteiger partial charge on any atom is -0.492 e. The van der Waals surface area contributed by atoms with Crippen molar-refractivity contribution >= 4 is 17.2 Å². The van der Waals surface area contributed by atoms with E-state index in [-0.39, 0.29) is 5.91 Å². The molecule has 0 unspecified atom stereocenters. The largest absolute Gasteiger partial charge is 0.492 e. The molecule has 1 saturated heterocycles. The van der Waals surface area contributed by atoms with Crippen LogP contribution in [-0.2, 0) is 17.8 Å². The number of aromatic nitrogens is 1. The molecule has 1 fully saturated rings. The molecule has 2 aromatic heterocycles. The van der Waals surface area contributed by atoms with E-state index < -0.39 is 0 Å². The fourth-order valence-electron chi connectivity index (χ4n) is 3.69. The molecule has 6 nitrogen and oxygen atoms in total. The molecule has 0 atom stereocenters. The van der Waals surface area contributed by atoms with E-state index in [1.807, 2.05) is 65.7 Å². The summed E-state index contributed by atoms with van der Waals surface area (Å²) in [5.41, 5.74) is 2.91. The maximum atomic E-state index is 13.3. The number of pyridine rings is 1. The third-order valence-corrected chi connectivity index (χ3v) is 6.48. The lowest BCUT2D eigenvalue weighted by atomic mass is 10.1. The second-order valence-corrected chi connectivity index (χ2v) is 8.78. The van der Waals surface area contributed by atoms with Crippen LogP contribution in [0.3, 0.4) is 0 Å². The van der Waals surface area contributed by atoms with Crippen LogP contribution in [0.5, 0.6) is 5.75 Å². The van der Waals surface area contributed by atoms with Gasteiger partial charge in [0.15, 0.2) is 0 Å². The zero-order chi connectivity index (χ0) is 22.2. The summed E-state index contributed by atoms with van der Waals surface area (Å²) < 4.78 is 11.4. The molecule has 1 amide bonds. The van der Waals surface area contributed by atoms with Gasteiger partial charge in [-0.1, -0.05) is 18.2 Å². The minimum atomic E-state index is 0.0294. The van der Waals surface area contributed by atoms with Gasteiger partial charge in [0, 0.05) is 32.4 Å². The number of hydrogen-bond donors (Lipinski definition) is 0. The number of ether oxygens (including phenoxy) is 2. The Labute approximate surface area is 193 Å². The number of thiophene rings is 1. The van der Waals surface area contributed by atoms with Gasteiger partial charge in [-0.2, -0.15) is 0 Å². The van der Waals surface area contributed by atoms with Gasteiger partial charge >= 0.3 is 0 Å². The van der Waals surface area contributed by atoms with Crippen LogP contribution < -0.4 is 4.74 Å². The first-order chi connectivity index (χ1) is 15.7. The van der Waals surface area contributed by atoms with Crippen molar-refractivity contribution in [2.24, 2.45) is 0 Å². The van der Waals surface area contributed by atoms with E-state index in [4.69, 9.17) is 9.47 Å². The molecule has 0 saturated carbocycles. The van der Waals surface area contributed by atoms with Gasteiger partial charge in [-0.05, 0) is 53.8 Å². The Balaban J connectivity index is 1.43. The number of morpholine rings is 1. The van der Waals surface area contributed by atoms with Gasteiger partial charge in [0.05, 0.1) is 30.3 Å². The molecule has 4 rings (SSSR count). The lowest BCUT2D eigenvalue weighted by molar-refractivity contribution is 0.0322. The summed E-state index contributed by atoms with van der Waals surface area (Å²) >= 11 is 1.48. The Hall–Kier alpha value is -2.74. The minimum absolute atomic E-state index is 0.0294. The third kappa shape index (κ3) is 6.16. The molecule has 0 N–H and O–H groups in total. The van der Waals surface area contributed by atoms with Crippen molar-refractivity contribution in [3.8, 4) is 5.75 Å². The van der Waals surface area contributed by atoms with Crippen LogP contribution in [0.1, 0.15) is 26.5 Å². The highest BCUT2D eigenvalue weighted by atomic mass is 32.1. The van der Waals surface area contributed by atoms with Crippen molar-refractivity contribution in [2.45, 2.75) is 20.0 Å². The number of benzene rings is 1. The van der Waals surface area contributed by atoms with Gasteiger partial charge in [0.2, 0.25) is 0 Å². The number of nitrogens with zero attached hydrogens (tertiary/aromatic N) is 3. The first-order valence-corrected chi connectivity index (χ1v) is 11.8. The monoisotopic (exact) mass is 451 g/mol. The predicted octanol–water partition coefficient (Wildman–Crippen LogP) is 4.01. The molecule has 0 radical (unpaired) electrons. The molecule has 1 aromatic carbocycles. The van der Waals surface area contributed by atoms with Gasteiger partial charge in [-0.25, -0.2) is 0 Å². The first kappa shape index (κ1) is 22.5. The van der Waals surface area contributed by atoms with E-state index in [1.165, 1.54) is 11.3 Å². The Morgan fingerprint density at radius 2 is 2.03 bits per heavy atom. The van der Waals surface area contributed by atoms with Gasteiger partial charge in [-0.3, -0.25) is 14.7 Å². The average molecular weight is 452 g/mol. The van der Waals surface area contributed by atoms with Crippen LogP contribution in [0.25, 0.3) is 0 Å². The van der Waals surface area contributed by atoms with Crippen molar-refractivity contribution in [3.63, 3.8) is 0 Å². The van der Waals surface area contributed by atoms with E-state index in [2.05, 4.69) is 9.88 Å². The van der Waals surface area contributed by atoms with Crippen molar-refractivity contribution in [3.05, 3.63) is 81.8 Å². The summed E-state index contributed by atoms with van der Waals surface area (Å²) in [6.07, 6.45) is 1.76. The molecule has 0 aliphatic carbocycles. The summed E-state index contributed by atoms with van der Waals surface area (Å²) in [7, 11) is 0. The Morgan fingerprint density at radius 3 is 2.78 bits per heavy atom. The van der Waals surface area contributed by atoms with Gasteiger partial charge in [0.25, 0.3) is 5.91 Å². The second kappa shape index (κ2) is 11.2. The molecule has 168 valence electrons. The maximum absolute atomic E-state index is 13.3. The standard InChI is InChI=1S/C25H29N3O3S/c1-20-8-16-32-24(20)25(29)28(19-22-6-2-3-9-26-22)18-21-5-4-7-23(17-21)31-15-12-27-10-13-30-14-11-27/h2-9,16-17H,10-15,18-19H2,1H3. The highest BCUT2D eigenvalue weighted by molar-refractivity contribution is 7.12. The van der Waals surface area contributed by atoms with E-state index in [0.29, 0.717) is 19.7 Å². The lowest BCUT2D eigenvalue weighted by Gasteiger charge is -2.26. The summed E-state index contributed by atoms with van der Waals surface area (Å²) in [4.78, 5) is 22.7. The first-order valence-electron chi connectivity index (χ1n) is 10.9. The summed E-state index contributed by atoms with van der Waals surface area (Å²) in [6.45, 7) is 7.94. The van der Waals surface area contributed by atoms with Crippen molar-refractivity contribution < 1.29 is 14.3 Å². The SMILES string of the molecule is Cc1ccsc1C(=O)N(Cc1cccc(OCCN2CCOCC2)c1)Cc1ccccn1.